The van der Waals surface area contributed by atoms with E-state index in [-0.39, 0.29) is 0 Å². The third kappa shape index (κ3) is 6.16. The average Bonchev–Trinajstić information content (AvgIpc) is 2.82. The molecule has 18 heavy (non-hydrogen) atoms. The Bertz CT molecular complexity index is 302. The smallest absolute Gasteiger partial charge is 0.0701 e. The molecule has 0 aliphatic heterocycles. The monoisotopic (exact) mass is 256 g/mol. The number of hydrogen-bond acceptors (Lipinski definition) is 4. The molecule has 0 aliphatic carbocycles. The van der Waals surface area contributed by atoms with Crippen molar-refractivity contribution in [2.75, 3.05) is 47.2 Å². The van der Waals surface area contributed by atoms with Gasteiger partial charge in [0, 0.05) is 45.7 Å². The summed E-state index contributed by atoms with van der Waals surface area (Å²) in [7, 11) is 3.39. The molecule has 5 nitrogen and oxygen atoms in total. The Labute approximate surface area is 109 Å². The fourth-order valence-electron chi connectivity index (χ4n) is 1.63. The Hall–Kier alpha value is -0.880. The molecule has 0 unspecified atom stereocenters. The van der Waals surface area contributed by atoms with Crippen molar-refractivity contribution in [2.45, 2.75) is 13.1 Å². The molecule has 1 aromatic rings. The number of ether oxygens (including phenoxy) is 3. The standard InChI is InChI=1S/C13H24N2O3/c1-16-8-5-14-12-13-4-3-6-15(13)7-9-18-11-10-17-2/h3-4,6,14H,5,7-12H2,1-2H3. The molecular weight excluding hydrogens is 232 g/mol. The second-order valence-corrected chi connectivity index (χ2v) is 3.97. The highest BCUT2D eigenvalue weighted by molar-refractivity contribution is 5.06. The summed E-state index contributed by atoms with van der Waals surface area (Å²) in [4.78, 5) is 0. The van der Waals surface area contributed by atoms with E-state index in [4.69, 9.17) is 14.2 Å². The molecule has 0 fully saturated rings. The van der Waals surface area contributed by atoms with E-state index >= 15 is 0 Å². The minimum absolute atomic E-state index is 0.650. The van der Waals surface area contributed by atoms with Crippen molar-refractivity contribution in [3.63, 3.8) is 0 Å². The Balaban J connectivity index is 2.18. The summed E-state index contributed by atoms with van der Waals surface area (Å²) in [6.07, 6.45) is 2.08. The van der Waals surface area contributed by atoms with Gasteiger partial charge in [-0.25, -0.2) is 0 Å². The SMILES string of the molecule is COCCNCc1cccn1CCOCCOC. The Morgan fingerprint density at radius 2 is 1.94 bits per heavy atom. The van der Waals surface area contributed by atoms with Gasteiger partial charge >= 0.3 is 0 Å². The molecule has 0 saturated carbocycles. The predicted octanol–water partition coefficient (Wildman–Crippen LogP) is 0.887. The first kappa shape index (κ1) is 15.2. The highest BCUT2D eigenvalue weighted by Crippen LogP contribution is 2.01. The fraction of sp³-hybridized carbons (Fsp3) is 0.692. The Kier molecular flexibility index (Phi) is 8.50. The van der Waals surface area contributed by atoms with Crippen molar-refractivity contribution in [3.8, 4) is 0 Å². The molecule has 0 aromatic carbocycles. The van der Waals surface area contributed by atoms with Crippen LogP contribution in [-0.2, 0) is 27.3 Å². The zero-order valence-electron chi connectivity index (χ0n) is 11.4. The van der Waals surface area contributed by atoms with Crippen LogP contribution in [0, 0.1) is 0 Å². The molecule has 5 heteroatoms. The largest absolute Gasteiger partial charge is 0.383 e. The van der Waals surface area contributed by atoms with E-state index in [0.29, 0.717) is 19.8 Å². The zero-order valence-corrected chi connectivity index (χ0v) is 11.4. The number of hydrogen-bond donors (Lipinski definition) is 1. The van der Waals surface area contributed by atoms with Crippen molar-refractivity contribution < 1.29 is 14.2 Å². The Morgan fingerprint density at radius 1 is 1.11 bits per heavy atom. The lowest BCUT2D eigenvalue weighted by Gasteiger charge is -2.10. The van der Waals surface area contributed by atoms with Crippen LogP contribution >= 0.6 is 0 Å². The van der Waals surface area contributed by atoms with Crippen LogP contribution in [0.1, 0.15) is 5.69 Å². The van der Waals surface area contributed by atoms with Crippen molar-refractivity contribution in [1.82, 2.24) is 9.88 Å². The molecule has 0 atom stereocenters. The first-order valence-electron chi connectivity index (χ1n) is 6.29. The molecule has 1 N–H and O–H groups in total. The van der Waals surface area contributed by atoms with E-state index in [1.807, 2.05) is 0 Å². The molecule has 0 saturated heterocycles. The normalized spacial score (nSPS) is 11.0. The molecule has 1 aromatic heterocycles. The van der Waals surface area contributed by atoms with Gasteiger partial charge in [-0.05, 0) is 12.1 Å². The van der Waals surface area contributed by atoms with Crippen LogP contribution in [0.2, 0.25) is 0 Å². The third-order valence-electron chi connectivity index (χ3n) is 2.62. The maximum atomic E-state index is 5.46. The summed E-state index contributed by atoms with van der Waals surface area (Å²) in [6, 6.07) is 4.18. The third-order valence-corrected chi connectivity index (χ3v) is 2.62. The number of methoxy groups -OCH3 is 2. The van der Waals surface area contributed by atoms with E-state index in [1.165, 1.54) is 5.69 Å². The lowest BCUT2D eigenvalue weighted by Crippen LogP contribution is -2.21. The Morgan fingerprint density at radius 3 is 2.72 bits per heavy atom. The highest BCUT2D eigenvalue weighted by atomic mass is 16.5. The summed E-state index contributed by atoms with van der Waals surface area (Å²) in [5.41, 5.74) is 1.27. The van der Waals surface area contributed by atoms with Crippen molar-refractivity contribution in [3.05, 3.63) is 24.0 Å². The van der Waals surface area contributed by atoms with Gasteiger partial charge in [0.15, 0.2) is 0 Å². The number of rotatable bonds is 11. The average molecular weight is 256 g/mol. The summed E-state index contributed by atoms with van der Waals surface area (Å²) in [6.45, 7) is 5.35. The highest BCUT2D eigenvalue weighted by Gasteiger charge is 2.00. The second kappa shape index (κ2) is 10.1. The minimum Gasteiger partial charge on any atom is -0.383 e. The second-order valence-electron chi connectivity index (χ2n) is 3.97. The van der Waals surface area contributed by atoms with Gasteiger partial charge in [-0.1, -0.05) is 0 Å². The van der Waals surface area contributed by atoms with Gasteiger partial charge in [-0.2, -0.15) is 0 Å². The van der Waals surface area contributed by atoms with Crippen LogP contribution in [0.15, 0.2) is 18.3 Å². The topological polar surface area (TPSA) is 44.7 Å². The maximum absolute atomic E-state index is 5.46. The molecule has 0 aliphatic rings. The molecular formula is C13H24N2O3. The molecule has 0 amide bonds. The molecule has 104 valence electrons. The maximum Gasteiger partial charge on any atom is 0.0701 e. The van der Waals surface area contributed by atoms with E-state index in [0.717, 1.165) is 26.2 Å². The van der Waals surface area contributed by atoms with E-state index in [1.54, 1.807) is 14.2 Å². The summed E-state index contributed by atoms with van der Waals surface area (Å²) in [5, 5.41) is 3.33. The van der Waals surface area contributed by atoms with E-state index in [9.17, 15) is 0 Å². The number of nitrogens with one attached hydrogen (secondary N) is 1. The molecule has 0 bridgehead atoms. The van der Waals surface area contributed by atoms with Crippen molar-refractivity contribution in [2.24, 2.45) is 0 Å². The van der Waals surface area contributed by atoms with Crippen LogP contribution < -0.4 is 5.32 Å². The number of nitrogens with zero attached hydrogens (tertiary/aromatic N) is 1. The van der Waals surface area contributed by atoms with Gasteiger partial charge in [0.05, 0.1) is 26.4 Å². The van der Waals surface area contributed by atoms with Crippen molar-refractivity contribution >= 4 is 0 Å². The van der Waals surface area contributed by atoms with Crippen LogP contribution in [-0.4, -0.2) is 51.8 Å². The summed E-state index contributed by atoms with van der Waals surface area (Å²) >= 11 is 0. The quantitative estimate of drug-likeness (QED) is 0.597. The van der Waals surface area contributed by atoms with Crippen LogP contribution in [0.3, 0.4) is 0 Å². The molecule has 0 spiro atoms. The lowest BCUT2D eigenvalue weighted by molar-refractivity contribution is 0.0663. The van der Waals surface area contributed by atoms with Gasteiger partial charge < -0.3 is 24.1 Å². The predicted molar refractivity (Wildman–Crippen MR) is 70.7 cm³/mol. The van der Waals surface area contributed by atoms with E-state index < -0.39 is 0 Å². The van der Waals surface area contributed by atoms with Gasteiger partial charge in [0.25, 0.3) is 0 Å². The minimum atomic E-state index is 0.650. The first-order valence-corrected chi connectivity index (χ1v) is 6.29. The first-order chi connectivity index (χ1) is 8.88. The van der Waals surface area contributed by atoms with Crippen LogP contribution in [0.5, 0.6) is 0 Å². The van der Waals surface area contributed by atoms with Crippen molar-refractivity contribution in [1.29, 1.82) is 0 Å². The van der Waals surface area contributed by atoms with E-state index in [2.05, 4.69) is 28.2 Å². The zero-order chi connectivity index (χ0) is 13.1. The van der Waals surface area contributed by atoms with Gasteiger partial charge in [0.1, 0.15) is 0 Å². The lowest BCUT2D eigenvalue weighted by atomic mass is 10.4. The summed E-state index contributed by atoms with van der Waals surface area (Å²) < 4.78 is 17.6. The fourth-order valence-corrected chi connectivity index (χ4v) is 1.63. The summed E-state index contributed by atoms with van der Waals surface area (Å²) in [5.74, 6) is 0. The van der Waals surface area contributed by atoms with Crippen LogP contribution in [0.25, 0.3) is 0 Å². The molecule has 0 radical (unpaired) electrons. The van der Waals surface area contributed by atoms with Gasteiger partial charge in [-0.3, -0.25) is 0 Å². The number of aromatic nitrogens is 1. The van der Waals surface area contributed by atoms with Crippen LogP contribution in [0.4, 0.5) is 0 Å². The van der Waals surface area contributed by atoms with Gasteiger partial charge in [0.2, 0.25) is 0 Å². The van der Waals surface area contributed by atoms with Gasteiger partial charge in [-0.15, -0.1) is 0 Å². The molecule has 1 rings (SSSR count). The molecule has 1 heterocycles.